The Kier molecular flexibility index (Phi) is 3.73. The Morgan fingerprint density at radius 3 is 2.65 bits per heavy atom. The maximum atomic E-state index is 11.8. The van der Waals surface area contributed by atoms with Crippen molar-refractivity contribution in [3.8, 4) is 0 Å². The molecule has 0 atom stereocenters. The first kappa shape index (κ1) is 14.0. The van der Waals surface area contributed by atoms with E-state index in [2.05, 4.69) is 10.3 Å². The van der Waals surface area contributed by atoms with E-state index in [0.717, 1.165) is 31.5 Å². The van der Waals surface area contributed by atoms with E-state index in [1.54, 1.807) is 0 Å². The van der Waals surface area contributed by atoms with Crippen LogP contribution in [-0.4, -0.2) is 33.4 Å². The third-order valence-corrected chi connectivity index (χ3v) is 3.69. The predicted molar refractivity (Wildman–Crippen MR) is 68.3 cm³/mol. The lowest BCUT2D eigenvalue weighted by Gasteiger charge is -2.40. The molecule has 0 unspecified atom stereocenters. The number of aromatic nitrogens is 1. The van der Waals surface area contributed by atoms with Gasteiger partial charge in [0, 0.05) is 12.6 Å². The van der Waals surface area contributed by atoms with Crippen molar-refractivity contribution in [3.05, 3.63) is 28.1 Å². The SMILES string of the molecule is O=C(O)CC1(CNC(=O)c2cc([N+](=O)[O-])c[nH]2)CCC1. The fraction of sp³-hybridized carbons (Fsp3) is 0.500. The zero-order chi connectivity index (χ0) is 14.8. The van der Waals surface area contributed by atoms with E-state index < -0.39 is 16.8 Å². The van der Waals surface area contributed by atoms with Crippen LogP contribution >= 0.6 is 0 Å². The molecular weight excluding hydrogens is 266 g/mol. The first-order valence-electron chi connectivity index (χ1n) is 6.25. The van der Waals surface area contributed by atoms with Gasteiger partial charge in [-0.3, -0.25) is 19.7 Å². The van der Waals surface area contributed by atoms with Gasteiger partial charge in [-0.25, -0.2) is 0 Å². The van der Waals surface area contributed by atoms with Crippen LogP contribution in [0.15, 0.2) is 12.3 Å². The molecule has 1 aliphatic carbocycles. The predicted octanol–water partition coefficient (Wildman–Crippen LogP) is 1.30. The van der Waals surface area contributed by atoms with Crippen LogP contribution in [0.1, 0.15) is 36.2 Å². The maximum absolute atomic E-state index is 11.8. The summed E-state index contributed by atoms with van der Waals surface area (Å²) in [6.45, 7) is 0.269. The Morgan fingerprint density at radius 1 is 1.50 bits per heavy atom. The van der Waals surface area contributed by atoms with Crippen LogP contribution in [-0.2, 0) is 4.79 Å². The summed E-state index contributed by atoms with van der Waals surface area (Å²) in [5, 5.41) is 22.0. The molecule has 2 rings (SSSR count). The monoisotopic (exact) mass is 281 g/mol. The fourth-order valence-corrected chi connectivity index (χ4v) is 2.40. The molecular formula is C12H15N3O5. The molecule has 1 aliphatic rings. The summed E-state index contributed by atoms with van der Waals surface area (Å²) in [5.74, 6) is -1.34. The largest absolute Gasteiger partial charge is 0.481 e. The van der Waals surface area contributed by atoms with E-state index in [0.29, 0.717) is 0 Å². The molecule has 8 heteroatoms. The number of nitro groups is 1. The summed E-state index contributed by atoms with van der Waals surface area (Å²) < 4.78 is 0. The molecule has 0 aliphatic heterocycles. The van der Waals surface area contributed by atoms with Gasteiger partial charge < -0.3 is 15.4 Å². The van der Waals surface area contributed by atoms with Crippen molar-refractivity contribution in [1.82, 2.24) is 10.3 Å². The summed E-state index contributed by atoms with van der Waals surface area (Å²) >= 11 is 0. The van der Waals surface area contributed by atoms with Gasteiger partial charge in [0.05, 0.1) is 17.5 Å². The summed E-state index contributed by atoms with van der Waals surface area (Å²) in [4.78, 5) is 35.1. The zero-order valence-electron chi connectivity index (χ0n) is 10.7. The van der Waals surface area contributed by atoms with Crippen molar-refractivity contribution >= 4 is 17.6 Å². The standard InChI is InChI=1S/C12H15N3O5/c16-10(17)5-12(2-1-3-12)7-14-11(18)9-4-8(6-13-9)15(19)20/h4,6,13H,1-3,5,7H2,(H,14,18)(H,16,17). The average Bonchev–Trinajstić information content (AvgIpc) is 2.81. The quantitative estimate of drug-likeness (QED) is 0.535. The summed E-state index contributed by atoms with van der Waals surface area (Å²) in [6, 6.07) is 1.15. The molecule has 108 valence electrons. The third-order valence-electron chi connectivity index (χ3n) is 3.69. The number of amides is 1. The van der Waals surface area contributed by atoms with E-state index in [9.17, 15) is 19.7 Å². The number of carbonyl (C=O) groups excluding carboxylic acids is 1. The highest BCUT2D eigenvalue weighted by Gasteiger charge is 2.39. The lowest BCUT2D eigenvalue weighted by molar-refractivity contribution is -0.384. The second-order valence-corrected chi connectivity index (χ2v) is 5.14. The number of hydrogen-bond donors (Lipinski definition) is 3. The molecule has 1 aromatic heterocycles. The van der Waals surface area contributed by atoms with Crippen molar-refractivity contribution in [2.75, 3.05) is 6.54 Å². The highest BCUT2D eigenvalue weighted by molar-refractivity contribution is 5.93. The fourth-order valence-electron chi connectivity index (χ4n) is 2.40. The summed E-state index contributed by atoms with van der Waals surface area (Å²) in [5.41, 5.74) is -0.458. The van der Waals surface area contributed by atoms with Crippen LogP contribution in [0.2, 0.25) is 0 Å². The molecule has 0 bridgehead atoms. The Balaban J connectivity index is 1.94. The van der Waals surface area contributed by atoms with Crippen LogP contribution in [0, 0.1) is 15.5 Å². The van der Waals surface area contributed by atoms with Gasteiger partial charge in [-0.15, -0.1) is 0 Å². The van der Waals surface area contributed by atoms with Crippen molar-refractivity contribution in [2.24, 2.45) is 5.41 Å². The van der Waals surface area contributed by atoms with Crippen molar-refractivity contribution in [1.29, 1.82) is 0 Å². The Hall–Kier alpha value is -2.38. The molecule has 20 heavy (non-hydrogen) atoms. The van der Waals surface area contributed by atoms with Gasteiger partial charge in [0.1, 0.15) is 5.69 Å². The minimum absolute atomic E-state index is 0.0259. The van der Waals surface area contributed by atoms with E-state index in [1.165, 1.54) is 0 Å². The number of nitrogens with one attached hydrogen (secondary N) is 2. The molecule has 1 aromatic rings. The van der Waals surface area contributed by atoms with Gasteiger partial charge in [-0.1, -0.05) is 6.42 Å². The molecule has 1 amide bonds. The van der Waals surface area contributed by atoms with Gasteiger partial charge >= 0.3 is 5.97 Å². The average molecular weight is 281 g/mol. The second-order valence-electron chi connectivity index (χ2n) is 5.14. The van der Waals surface area contributed by atoms with Crippen molar-refractivity contribution in [2.45, 2.75) is 25.7 Å². The van der Waals surface area contributed by atoms with Crippen LogP contribution in [0.4, 0.5) is 5.69 Å². The number of H-pyrrole nitrogens is 1. The molecule has 1 fully saturated rings. The highest BCUT2D eigenvalue weighted by Crippen LogP contribution is 2.43. The van der Waals surface area contributed by atoms with E-state index in [4.69, 9.17) is 5.11 Å². The highest BCUT2D eigenvalue weighted by atomic mass is 16.6. The maximum Gasteiger partial charge on any atom is 0.303 e. The number of rotatable bonds is 6. The minimum Gasteiger partial charge on any atom is -0.481 e. The molecule has 0 radical (unpaired) electrons. The Morgan fingerprint density at radius 2 is 2.20 bits per heavy atom. The molecule has 1 heterocycles. The van der Waals surface area contributed by atoms with Gasteiger partial charge in [0.25, 0.3) is 11.6 Å². The number of aliphatic carboxylic acids is 1. The first-order chi connectivity index (χ1) is 9.42. The number of nitrogens with zero attached hydrogens (tertiary/aromatic N) is 1. The van der Waals surface area contributed by atoms with E-state index >= 15 is 0 Å². The summed E-state index contributed by atoms with van der Waals surface area (Å²) in [6.07, 6.45) is 3.66. The molecule has 0 saturated heterocycles. The van der Waals surface area contributed by atoms with Crippen LogP contribution < -0.4 is 5.32 Å². The van der Waals surface area contributed by atoms with Gasteiger partial charge in [0.2, 0.25) is 0 Å². The number of carbonyl (C=O) groups is 2. The molecule has 1 saturated carbocycles. The van der Waals surface area contributed by atoms with E-state index in [1.807, 2.05) is 0 Å². The van der Waals surface area contributed by atoms with E-state index in [-0.39, 0.29) is 29.8 Å². The van der Waals surface area contributed by atoms with Crippen LogP contribution in [0.3, 0.4) is 0 Å². The van der Waals surface area contributed by atoms with Gasteiger partial charge in [-0.05, 0) is 18.3 Å². The number of carboxylic acids is 1. The Labute approximate surface area is 114 Å². The van der Waals surface area contributed by atoms with Gasteiger partial charge in [0.15, 0.2) is 0 Å². The normalized spacial score (nSPS) is 16.2. The molecule has 0 spiro atoms. The van der Waals surface area contributed by atoms with Gasteiger partial charge in [-0.2, -0.15) is 0 Å². The topological polar surface area (TPSA) is 125 Å². The van der Waals surface area contributed by atoms with Crippen molar-refractivity contribution in [3.63, 3.8) is 0 Å². The third kappa shape index (κ3) is 2.95. The zero-order valence-corrected chi connectivity index (χ0v) is 10.7. The summed E-state index contributed by atoms with van der Waals surface area (Å²) in [7, 11) is 0. The first-order valence-corrected chi connectivity index (χ1v) is 6.25. The molecule has 0 aromatic carbocycles. The lowest BCUT2D eigenvalue weighted by Crippen LogP contribution is -2.43. The number of carboxylic acid groups (broad SMARTS) is 1. The van der Waals surface area contributed by atoms with Crippen LogP contribution in [0.5, 0.6) is 0 Å². The second kappa shape index (κ2) is 5.32. The molecule has 3 N–H and O–H groups in total. The number of hydrogen-bond acceptors (Lipinski definition) is 4. The minimum atomic E-state index is -0.880. The van der Waals surface area contributed by atoms with Crippen molar-refractivity contribution < 1.29 is 19.6 Å². The lowest BCUT2D eigenvalue weighted by atomic mass is 9.66. The number of aromatic amines is 1. The van der Waals surface area contributed by atoms with Crippen LogP contribution in [0.25, 0.3) is 0 Å². The Bertz CT molecular complexity index is 547. The molecule has 8 nitrogen and oxygen atoms in total. The smallest absolute Gasteiger partial charge is 0.303 e.